The number of carbonyl (C=O) groups excluding carboxylic acids is 2. The Morgan fingerprint density at radius 3 is 1.82 bits per heavy atom. The van der Waals surface area contributed by atoms with Crippen LogP contribution in [0.25, 0.3) is 0 Å². The third kappa shape index (κ3) is 16.4. The SMILES string of the molecule is CCCCCCCCCCCCCCCCC(CC(=O)NO)C(=O)NCCc1ccccc1. The van der Waals surface area contributed by atoms with Gasteiger partial charge < -0.3 is 5.32 Å². The lowest BCUT2D eigenvalue weighted by Crippen LogP contribution is -2.35. The molecule has 0 bridgehead atoms. The molecule has 0 saturated carbocycles. The Labute approximate surface area is 202 Å². The monoisotopic (exact) mass is 460 g/mol. The molecule has 0 aromatic heterocycles. The van der Waals surface area contributed by atoms with Gasteiger partial charge in [-0.05, 0) is 18.4 Å². The van der Waals surface area contributed by atoms with E-state index >= 15 is 0 Å². The molecule has 0 aliphatic carbocycles. The number of carbonyl (C=O) groups is 2. The van der Waals surface area contributed by atoms with E-state index in [1.807, 2.05) is 30.3 Å². The van der Waals surface area contributed by atoms with Crippen molar-refractivity contribution in [2.75, 3.05) is 6.54 Å². The van der Waals surface area contributed by atoms with E-state index in [1.54, 1.807) is 5.48 Å². The number of hydroxylamine groups is 1. The van der Waals surface area contributed by atoms with E-state index in [0.717, 1.165) is 19.3 Å². The molecule has 0 aliphatic heterocycles. The highest BCUT2D eigenvalue weighted by atomic mass is 16.5. The second kappa shape index (κ2) is 20.7. The average molecular weight is 461 g/mol. The summed E-state index contributed by atoms with van der Waals surface area (Å²) in [4.78, 5) is 24.2. The van der Waals surface area contributed by atoms with Crippen molar-refractivity contribution < 1.29 is 14.8 Å². The molecular weight excluding hydrogens is 412 g/mol. The summed E-state index contributed by atoms with van der Waals surface area (Å²) in [6.07, 6.45) is 19.6. The fourth-order valence-electron chi connectivity index (χ4n) is 4.30. The maximum atomic E-state index is 12.6. The summed E-state index contributed by atoms with van der Waals surface area (Å²) in [7, 11) is 0. The Hall–Kier alpha value is -1.88. The minimum atomic E-state index is -0.497. The van der Waals surface area contributed by atoms with Crippen LogP contribution in [0.1, 0.15) is 115 Å². The molecule has 33 heavy (non-hydrogen) atoms. The quantitative estimate of drug-likeness (QED) is 0.108. The van der Waals surface area contributed by atoms with Crippen LogP contribution >= 0.6 is 0 Å². The topological polar surface area (TPSA) is 78.4 Å². The van der Waals surface area contributed by atoms with Crippen LogP contribution in [0.2, 0.25) is 0 Å². The minimum Gasteiger partial charge on any atom is -0.356 e. The van der Waals surface area contributed by atoms with Gasteiger partial charge in [-0.25, -0.2) is 5.48 Å². The molecule has 0 saturated heterocycles. The highest BCUT2D eigenvalue weighted by molar-refractivity contribution is 5.85. The molecule has 5 heteroatoms. The maximum absolute atomic E-state index is 12.6. The van der Waals surface area contributed by atoms with E-state index in [9.17, 15) is 9.59 Å². The Kier molecular flexibility index (Phi) is 18.3. The highest BCUT2D eigenvalue weighted by Gasteiger charge is 2.21. The lowest BCUT2D eigenvalue weighted by atomic mass is 9.95. The average Bonchev–Trinajstić information content (AvgIpc) is 2.83. The molecule has 1 aromatic carbocycles. The normalized spacial score (nSPS) is 11.8. The van der Waals surface area contributed by atoms with Gasteiger partial charge in [0.25, 0.3) is 0 Å². The fourth-order valence-corrected chi connectivity index (χ4v) is 4.30. The van der Waals surface area contributed by atoms with E-state index in [0.29, 0.717) is 13.0 Å². The zero-order chi connectivity index (χ0) is 24.0. The van der Waals surface area contributed by atoms with E-state index in [1.165, 1.54) is 82.6 Å². The Bertz CT molecular complexity index is 606. The summed E-state index contributed by atoms with van der Waals surface area (Å²) in [6.45, 7) is 2.82. The molecule has 1 rings (SSSR count). The predicted octanol–water partition coefficient (Wildman–Crippen LogP) is 6.73. The number of unbranched alkanes of at least 4 members (excludes halogenated alkanes) is 13. The van der Waals surface area contributed by atoms with Crippen LogP contribution in [0.15, 0.2) is 30.3 Å². The molecule has 5 nitrogen and oxygen atoms in total. The summed E-state index contributed by atoms with van der Waals surface area (Å²) < 4.78 is 0. The largest absolute Gasteiger partial charge is 0.356 e. The van der Waals surface area contributed by atoms with Crippen LogP contribution < -0.4 is 10.8 Å². The number of hydrogen-bond acceptors (Lipinski definition) is 3. The van der Waals surface area contributed by atoms with Crippen LogP contribution in [0.5, 0.6) is 0 Å². The van der Waals surface area contributed by atoms with Gasteiger partial charge >= 0.3 is 0 Å². The molecule has 1 unspecified atom stereocenters. The van der Waals surface area contributed by atoms with Gasteiger partial charge in [0, 0.05) is 18.9 Å². The Morgan fingerprint density at radius 1 is 0.788 bits per heavy atom. The van der Waals surface area contributed by atoms with Gasteiger partial charge in [0.15, 0.2) is 0 Å². The molecule has 0 fully saturated rings. The zero-order valence-electron chi connectivity index (χ0n) is 21.0. The zero-order valence-corrected chi connectivity index (χ0v) is 21.0. The van der Waals surface area contributed by atoms with Crippen molar-refractivity contribution in [2.24, 2.45) is 5.92 Å². The van der Waals surface area contributed by atoms with Crippen molar-refractivity contribution in [3.8, 4) is 0 Å². The lowest BCUT2D eigenvalue weighted by Gasteiger charge is -2.16. The molecule has 3 N–H and O–H groups in total. The molecule has 0 radical (unpaired) electrons. The third-order valence-electron chi connectivity index (χ3n) is 6.39. The van der Waals surface area contributed by atoms with Crippen molar-refractivity contribution in [2.45, 2.75) is 116 Å². The standard InChI is InChI=1S/C28H48N2O3/c1-2-3-4-5-6-7-8-9-10-11-12-13-14-18-21-26(24-27(31)30-33)28(32)29-23-22-25-19-16-15-17-20-25/h15-17,19-20,26,33H,2-14,18,21-24H2,1H3,(H,29,32)(H,30,31). The number of amides is 2. The maximum Gasteiger partial charge on any atom is 0.244 e. The number of hydrogen-bond donors (Lipinski definition) is 3. The van der Waals surface area contributed by atoms with E-state index < -0.39 is 5.91 Å². The van der Waals surface area contributed by atoms with Crippen molar-refractivity contribution in [1.82, 2.24) is 10.8 Å². The van der Waals surface area contributed by atoms with Gasteiger partial charge in [-0.15, -0.1) is 0 Å². The summed E-state index contributed by atoms with van der Waals surface area (Å²) in [5.74, 6) is -0.974. The first kappa shape index (κ1) is 29.2. The number of benzene rings is 1. The molecule has 1 aromatic rings. The summed E-state index contributed by atoms with van der Waals surface area (Å²) in [5.41, 5.74) is 2.84. The van der Waals surface area contributed by atoms with Gasteiger partial charge in [-0.3, -0.25) is 14.8 Å². The molecule has 0 spiro atoms. The molecule has 0 heterocycles. The molecular formula is C28H48N2O3. The van der Waals surface area contributed by atoms with Gasteiger partial charge in [-0.1, -0.05) is 127 Å². The van der Waals surface area contributed by atoms with E-state index in [4.69, 9.17) is 5.21 Å². The van der Waals surface area contributed by atoms with E-state index in [-0.39, 0.29) is 18.2 Å². The van der Waals surface area contributed by atoms with Crippen LogP contribution in [0, 0.1) is 5.92 Å². The molecule has 2 amide bonds. The van der Waals surface area contributed by atoms with Crippen LogP contribution in [0.4, 0.5) is 0 Å². The van der Waals surface area contributed by atoms with Crippen molar-refractivity contribution in [3.63, 3.8) is 0 Å². The molecule has 0 aliphatic rings. The second-order valence-electron chi connectivity index (χ2n) is 9.35. The summed E-state index contributed by atoms with van der Waals surface area (Å²) in [5, 5.41) is 11.8. The number of nitrogens with one attached hydrogen (secondary N) is 2. The number of rotatable bonds is 21. The smallest absolute Gasteiger partial charge is 0.244 e. The van der Waals surface area contributed by atoms with E-state index in [2.05, 4.69) is 12.2 Å². The second-order valence-corrected chi connectivity index (χ2v) is 9.35. The molecule has 188 valence electrons. The van der Waals surface area contributed by atoms with Gasteiger partial charge in [0.1, 0.15) is 0 Å². The van der Waals surface area contributed by atoms with Gasteiger partial charge in [-0.2, -0.15) is 0 Å². The Morgan fingerprint density at radius 2 is 1.30 bits per heavy atom. The van der Waals surface area contributed by atoms with Crippen molar-refractivity contribution >= 4 is 11.8 Å². The van der Waals surface area contributed by atoms with Crippen molar-refractivity contribution in [3.05, 3.63) is 35.9 Å². The van der Waals surface area contributed by atoms with Crippen molar-refractivity contribution in [1.29, 1.82) is 0 Å². The third-order valence-corrected chi connectivity index (χ3v) is 6.39. The Balaban J connectivity index is 2.10. The minimum absolute atomic E-state index is 0.0338. The summed E-state index contributed by atoms with van der Waals surface area (Å²) in [6, 6.07) is 10.0. The first-order valence-corrected chi connectivity index (χ1v) is 13.4. The fraction of sp³-hybridized carbons (Fsp3) is 0.714. The van der Waals surface area contributed by atoms with Crippen LogP contribution in [-0.4, -0.2) is 23.6 Å². The van der Waals surface area contributed by atoms with Gasteiger partial charge in [0.05, 0.1) is 0 Å². The molecule has 1 atom stereocenters. The van der Waals surface area contributed by atoms with Crippen LogP contribution in [0.3, 0.4) is 0 Å². The first-order chi connectivity index (χ1) is 16.2. The van der Waals surface area contributed by atoms with Gasteiger partial charge in [0.2, 0.25) is 11.8 Å². The van der Waals surface area contributed by atoms with Crippen LogP contribution in [-0.2, 0) is 16.0 Å². The summed E-state index contributed by atoms with van der Waals surface area (Å²) >= 11 is 0. The lowest BCUT2D eigenvalue weighted by molar-refractivity contribution is -0.135. The first-order valence-electron chi connectivity index (χ1n) is 13.4. The highest BCUT2D eigenvalue weighted by Crippen LogP contribution is 2.17. The predicted molar refractivity (Wildman–Crippen MR) is 136 cm³/mol.